The van der Waals surface area contributed by atoms with Gasteiger partial charge in [0.1, 0.15) is 4.60 Å². The van der Waals surface area contributed by atoms with Crippen LogP contribution in [-0.2, 0) is 0 Å². The summed E-state index contributed by atoms with van der Waals surface area (Å²) in [5, 5.41) is 4.28. The Labute approximate surface area is 106 Å². The lowest BCUT2D eigenvalue weighted by Crippen LogP contribution is -1.93. The second-order valence-corrected chi connectivity index (χ2v) is 4.46. The summed E-state index contributed by atoms with van der Waals surface area (Å²) in [6, 6.07) is 5.89. The first kappa shape index (κ1) is 10.4. The minimum Gasteiger partial charge on any atom is -0.265 e. The molecule has 0 fully saturated rings. The third-order valence-electron chi connectivity index (χ3n) is 2.61. The van der Waals surface area contributed by atoms with Gasteiger partial charge in [-0.05, 0) is 46.6 Å². The van der Waals surface area contributed by atoms with Crippen LogP contribution in [0.4, 0.5) is 0 Å². The molecule has 0 aliphatic rings. The van der Waals surface area contributed by atoms with Crippen LogP contribution in [0.25, 0.3) is 16.8 Å². The molecule has 0 bridgehead atoms. The Hall–Kier alpha value is -1.75. The normalized spacial score (nSPS) is 10.9. The second-order valence-electron chi connectivity index (χ2n) is 3.70. The van der Waals surface area contributed by atoms with Crippen LogP contribution in [0.5, 0.6) is 0 Å². The molecular weight excluding hydrogens is 280 g/mol. The molecule has 0 unspecified atom stereocenters. The van der Waals surface area contributed by atoms with Crippen LogP contribution in [0.2, 0.25) is 0 Å². The number of aromatic nitrogens is 4. The fraction of sp³-hybridized carbons (Fsp3) is 0.0833. The Morgan fingerprint density at radius 2 is 1.88 bits per heavy atom. The van der Waals surface area contributed by atoms with E-state index in [1.807, 2.05) is 25.1 Å². The first-order valence-corrected chi connectivity index (χ1v) is 5.97. The summed E-state index contributed by atoms with van der Waals surface area (Å²) in [6.07, 6.45) is 5.32. The van der Waals surface area contributed by atoms with Crippen LogP contribution in [0.1, 0.15) is 5.69 Å². The van der Waals surface area contributed by atoms with Crippen molar-refractivity contribution in [2.75, 3.05) is 0 Å². The zero-order chi connectivity index (χ0) is 11.8. The highest BCUT2D eigenvalue weighted by molar-refractivity contribution is 9.10. The van der Waals surface area contributed by atoms with Gasteiger partial charge in [0, 0.05) is 24.2 Å². The predicted molar refractivity (Wildman–Crippen MR) is 68.7 cm³/mol. The number of rotatable bonds is 1. The van der Waals surface area contributed by atoms with Gasteiger partial charge in [0.2, 0.25) is 0 Å². The van der Waals surface area contributed by atoms with Crippen LogP contribution in [0.3, 0.4) is 0 Å². The van der Waals surface area contributed by atoms with Gasteiger partial charge >= 0.3 is 0 Å². The van der Waals surface area contributed by atoms with Crippen LogP contribution in [-0.4, -0.2) is 19.6 Å². The van der Waals surface area contributed by atoms with Gasteiger partial charge < -0.3 is 0 Å². The molecule has 0 aliphatic carbocycles. The summed E-state index contributed by atoms with van der Waals surface area (Å²) in [5.41, 5.74) is 3.92. The van der Waals surface area contributed by atoms with E-state index >= 15 is 0 Å². The third kappa shape index (κ3) is 1.63. The maximum Gasteiger partial charge on any atom is 0.162 e. The van der Waals surface area contributed by atoms with Crippen molar-refractivity contribution in [3.63, 3.8) is 0 Å². The number of hydrogen-bond donors (Lipinski definition) is 0. The van der Waals surface area contributed by atoms with Gasteiger partial charge in [-0.1, -0.05) is 0 Å². The van der Waals surface area contributed by atoms with Gasteiger partial charge in [0.25, 0.3) is 0 Å². The smallest absolute Gasteiger partial charge is 0.162 e. The van der Waals surface area contributed by atoms with Crippen molar-refractivity contribution in [1.29, 1.82) is 0 Å². The van der Waals surface area contributed by atoms with Gasteiger partial charge in [-0.15, -0.1) is 0 Å². The second kappa shape index (κ2) is 3.92. The van der Waals surface area contributed by atoms with Crippen molar-refractivity contribution in [2.45, 2.75) is 6.92 Å². The van der Waals surface area contributed by atoms with Crippen molar-refractivity contribution >= 4 is 21.6 Å². The van der Waals surface area contributed by atoms with E-state index in [0.29, 0.717) is 0 Å². The van der Waals surface area contributed by atoms with E-state index in [0.717, 1.165) is 27.1 Å². The van der Waals surface area contributed by atoms with Gasteiger partial charge in [-0.3, -0.25) is 4.98 Å². The van der Waals surface area contributed by atoms with Crippen LogP contribution in [0.15, 0.2) is 41.4 Å². The fourth-order valence-corrected chi connectivity index (χ4v) is 2.13. The molecular formula is C12H9BrN4. The molecule has 0 saturated carbocycles. The van der Waals surface area contributed by atoms with E-state index in [2.05, 4.69) is 31.0 Å². The molecule has 3 rings (SSSR count). The van der Waals surface area contributed by atoms with Gasteiger partial charge in [-0.2, -0.15) is 5.10 Å². The monoisotopic (exact) mass is 288 g/mol. The molecule has 3 heterocycles. The number of nitrogens with zero attached hydrogens (tertiary/aromatic N) is 4. The molecule has 17 heavy (non-hydrogen) atoms. The molecule has 4 nitrogen and oxygen atoms in total. The number of halogens is 1. The largest absolute Gasteiger partial charge is 0.265 e. The van der Waals surface area contributed by atoms with Crippen molar-refractivity contribution in [1.82, 2.24) is 19.6 Å². The highest BCUT2D eigenvalue weighted by atomic mass is 79.9. The molecule has 5 heteroatoms. The fourth-order valence-electron chi connectivity index (χ4n) is 1.78. The molecule has 0 saturated heterocycles. The highest BCUT2D eigenvalue weighted by Gasteiger charge is 2.11. The Kier molecular flexibility index (Phi) is 2.40. The minimum absolute atomic E-state index is 0.850. The molecule has 0 aromatic carbocycles. The molecule has 3 aromatic heterocycles. The Bertz CT molecular complexity index is 676. The maximum absolute atomic E-state index is 4.52. The lowest BCUT2D eigenvalue weighted by Gasteiger charge is -2.02. The molecule has 0 aliphatic heterocycles. The van der Waals surface area contributed by atoms with Gasteiger partial charge in [0.05, 0.1) is 5.69 Å². The minimum atomic E-state index is 0.850. The summed E-state index contributed by atoms with van der Waals surface area (Å²) < 4.78 is 2.69. The number of imidazole rings is 1. The average molecular weight is 289 g/mol. The van der Waals surface area contributed by atoms with Gasteiger partial charge in [-0.25, -0.2) is 9.50 Å². The van der Waals surface area contributed by atoms with Gasteiger partial charge in [0.15, 0.2) is 5.65 Å². The third-order valence-corrected chi connectivity index (χ3v) is 3.52. The lowest BCUT2D eigenvalue weighted by atomic mass is 10.1. The number of fused-ring (bicyclic) bond motifs is 1. The zero-order valence-corrected chi connectivity index (χ0v) is 10.7. The molecule has 0 atom stereocenters. The van der Waals surface area contributed by atoms with E-state index in [-0.39, 0.29) is 0 Å². The summed E-state index contributed by atoms with van der Waals surface area (Å²) >= 11 is 3.48. The highest BCUT2D eigenvalue weighted by Crippen LogP contribution is 2.26. The molecule has 3 aromatic rings. The standard InChI is InChI=1S/C12H9BrN4/c1-8-11(13)17-12(16-8)10(4-7-15-17)9-2-5-14-6-3-9/h2-7H,1H3. The van der Waals surface area contributed by atoms with Crippen molar-refractivity contribution in [2.24, 2.45) is 0 Å². The summed E-state index contributed by atoms with van der Waals surface area (Å²) in [6.45, 7) is 1.95. The number of aryl methyl sites for hydroxylation is 1. The van der Waals surface area contributed by atoms with Crippen molar-refractivity contribution in [3.05, 3.63) is 47.1 Å². The quantitative estimate of drug-likeness (QED) is 0.692. The summed E-state index contributed by atoms with van der Waals surface area (Å²) in [4.78, 5) is 8.54. The van der Waals surface area contributed by atoms with Crippen LogP contribution in [0, 0.1) is 6.92 Å². The average Bonchev–Trinajstić information content (AvgIpc) is 2.67. The van der Waals surface area contributed by atoms with E-state index in [4.69, 9.17) is 0 Å². The Morgan fingerprint density at radius 1 is 1.12 bits per heavy atom. The first-order chi connectivity index (χ1) is 8.27. The molecule has 84 valence electrons. The lowest BCUT2D eigenvalue weighted by molar-refractivity contribution is 0.914. The predicted octanol–water partition coefficient (Wildman–Crippen LogP) is 2.86. The molecule has 0 N–H and O–H groups in total. The summed E-state index contributed by atoms with van der Waals surface area (Å²) in [5.74, 6) is 0. The van der Waals surface area contributed by atoms with E-state index < -0.39 is 0 Å². The van der Waals surface area contributed by atoms with Crippen molar-refractivity contribution in [3.8, 4) is 11.1 Å². The van der Waals surface area contributed by atoms with Crippen molar-refractivity contribution < 1.29 is 0 Å². The summed E-state index contributed by atoms with van der Waals surface area (Å²) in [7, 11) is 0. The molecule has 0 spiro atoms. The van der Waals surface area contributed by atoms with E-state index in [9.17, 15) is 0 Å². The Morgan fingerprint density at radius 3 is 2.65 bits per heavy atom. The van der Waals surface area contributed by atoms with E-state index in [1.165, 1.54) is 0 Å². The SMILES string of the molecule is Cc1nc2c(-c3ccncc3)ccnn2c1Br. The van der Waals surface area contributed by atoms with Crippen LogP contribution < -0.4 is 0 Å². The number of hydrogen-bond acceptors (Lipinski definition) is 3. The zero-order valence-electron chi connectivity index (χ0n) is 9.13. The maximum atomic E-state index is 4.52. The van der Waals surface area contributed by atoms with E-state index in [1.54, 1.807) is 23.1 Å². The Balaban J connectivity index is 2.35. The first-order valence-electron chi connectivity index (χ1n) is 5.17. The molecule has 0 radical (unpaired) electrons. The van der Waals surface area contributed by atoms with Crippen LogP contribution >= 0.6 is 15.9 Å². The topological polar surface area (TPSA) is 43.1 Å². The molecule has 0 amide bonds. The number of pyridine rings is 1.